The van der Waals surface area contributed by atoms with Gasteiger partial charge in [0.2, 0.25) is 0 Å². The Morgan fingerprint density at radius 2 is 1.57 bits per heavy atom. The summed E-state index contributed by atoms with van der Waals surface area (Å²) in [5.41, 5.74) is 4.74. The fourth-order valence-corrected chi connectivity index (χ4v) is 4.74. The highest BCUT2D eigenvalue weighted by Gasteiger charge is 2.10. The number of hydrogen-bond donors (Lipinski definition) is 2. The summed E-state index contributed by atoms with van der Waals surface area (Å²) < 4.78 is 11.1. The molecule has 0 aliphatic carbocycles. The quantitative estimate of drug-likeness (QED) is 0.152. The van der Waals surface area contributed by atoms with Gasteiger partial charge in [-0.2, -0.15) is 0 Å². The van der Waals surface area contributed by atoms with Crippen LogP contribution in [0, 0.1) is 0 Å². The van der Waals surface area contributed by atoms with Gasteiger partial charge < -0.3 is 20.1 Å². The van der Waals surface area contributed by atoms with Crippen molar-refractivity contribution < 1.29 is 14.3 Å². The second-order valence-corrected chi connectivity index (χ2v) is 10.9. The monoisotopic (exact) mass is 631 g/mol. The largest absolute Gasteiger partial charge is 0.497 e. The molecule has 0 bridgehead atoms. The highest BCUT2D eigenvalue weighted by atomic mass is 16.5. The molecular weight excluding hydrogens is 582 g/mol. The zero-order valence-corrected chi connectivity index (χ0v) is 28.8. The minimum absolute atomic E-state index is 0.168. The first kappa shape index (κ1) is 36.4. The Morgan fingerprint density at radius 1 is 0.872 bits per heavy atom. The number of rotatable bonds is 11. The normalized spacial score (nSPS) is 10.5. The van der Waals surface area contributed by atoms with Crippen LogP contribution in [0.3, 0.4) is 0 Å². The molecule has 6 heteroatoms. The predicted molar refractivity (Wildman–Crippen MR) is 199 cm³/mol. The second kappa shape index (κ2) is 19.4. The second-order valence-electron chi connectivity index (χ2n) is 10.9. The lowest BCUT2D eigenvalue weighted by atomic mass is 10.0. The standard InChI is InChI=1S/C27H27N3O2.C12H16O.C2H6/c1-18(2)19-11-13-22(14-12-19)30-27(31)20-7-6-8-23(15-20)32-17-21-16-29-26(28-3)25-10-5-4-9-24(21)25;1-3-4-5-7-11-8-6-9-12(10-11)13-2;1-2/h4-16,18H,17H2,1-3H3,(H,28,29)(H,30,31);5-10H,3-4H2,1-2H3;1-2H3/b;7-5-;. The van der Waals surface area contributed by atoms with Crippen LogP contribution in [0.2, 0.25) is 0 Å². The van der Waals surface area contributed by atoms with E-state index in [9.17, 15) is 4.79 Å². The summed E-state index contributed by atoms with van der Waals surface area (Å²) in [6.07, 6.45) is 8.48. The van der Waals surface area contributed by atoms with Gasteiger partial charge in [-0.05, 0) is 71.3 Å². The van der Waals surface area contributed by atoms with Crippen molar-refractivity contribution >= 4 is 34.3 Å². The van der Waals surface area contributed by atoms with Crippen LogP contribution in [-0.2, 0) is 6.61 Å². The topological polar surface area (TPSA) is 72.5 Å². The lowest BCUT2D eigenvalue weighted by Gasteiger charge is -2.12. The third-order valence-corrected chi connectivity index (χ3v) is 7.30. The molecule has 4 aromatic carbocycles. The fraction of sp³-hybridized carbons (Fsp3) is 0.268. The molecule has 0 spiro atoms. The number of nitrogens with zero attached hydrogens (tertiary/aromatic N) is 1. The minimum atomic E-state index is -0.168. The number of anilines is 2. The maximum absolute atomic E-state index is 12.7. The third-order valence-electron chi connectivity index (χ3n) is 7.30. The number of carbonyl (C=O) groups is 1. The van der Waals surface area contributed by atoms with Gasteiger partial charge in [0.25, 0.3) is 5.91 Å². The first-order valence-corrected chi connectivity index (χ1v) is 16.4. The number of hydrogen-bond acceptors (Lipinski definition) is 5. The Morgan fingerprint density at radius 3 is 2.26 bits per heavy atom. The van der Waals surface area contributed by atoms with Crippen LogP contribution < -0.4 is 20.1 Å². The number of ether oxygens (including phenoxy) is 2. The average molecular weight is 632 g/mol. The molecule has 0 fully saturated rings. The molecule has 246 valence electrons. The van der Waals surface area contributed by atoms with Crippen molar-refractivity contribution in [2.24, 2.45) is 0 Å². The van der Waals surface area contributed by atoms with Crippen LogP contribution in [-0.4, -0.2) is 25.0 Å². The Hall–Kier alpha value is -5.10. The van der Waals surface area contributed by atoms with Gasteiger partial charge in [0.15, 0.2) is 0 Å². The van der Waals surface area contributed by atoms with Crippen LogP contribution >= 0.6 is 0 Å². The van der Waals surface area contributed by atoms with Crippen molar-refractivity contribution in [2.75, 3.05) is 24.8 Å². The molecule has 0 aliphatic rings. The number of fused-ring (bicyclic) bond motifs is 1. The van der Waals surface area contributed by atoms with Crippen LogP contribution in [0.15, 0.2) is 109 Å². The molecule has 0 atom stereocenters. The van der Waals surface area contributed by atoms with Gasteiger partial charge in [-0.25, -0.2) is 4.98 Å². The molecular formula is C41H49N3O3. The minimum Gasteiger partial charge on any atom is -0.497 e. The van der Waals surface area contributed by atoms with E-state index in [0.29, 0.717) is 23.8 Å². The van der Waals surface area contributed by atoms with Gasteiger partial charge in [-0.1, -0.05) is 108 Å². The van der Waals surface area contributed by atoms with Crippen molar-refractivity contribution in [1.82, 2.24) is 4.98 Å². The first-order chi connectivity index (χ1) is 22.9. The van der Waals surface area contributed by atoms with Crippen LogP contribution in [0.1, 0.15) is 80.4 Å². The summed E-state index contributed by atoms with van der Waals surface area (Å²) in [6, 6.07) is 31.3. The number of benzene rings is 4. The molecule has 0 saturated heterocycles. The van der Waals surface area contributed by atoms with Gasteiger partial charge in [-0.15, -0.1) is 0 Å². The van der Waals surface area contributed by atoms with Gasteiger partial charge in [-0.3, -0.25) is 4.79 Å². The molecule has 6 nitrogen and oxygen atoms in total. The first-order valence-electron chi connectivity index (χ1n) is 16.4. The van der Waals surface area contributed by atoms with Crippen molar-refractivity contribution in [1.29, 1.82) is 0 Å². The molecule has 5 rings (SSSR count). The van der Waals surface area contributed by atoms with E-state index in [1.54, 1.807) is 19.2 Å². The Kier molecular flexibility index (Phi) is 15.0. The summed E-state index contributed by atoms with van der Waals surface area (Å²) in [5, 5.41) is 8.21. The van der Waals surface area contributed by atoms with Crippen molar-refractivity contribution in [2.45, 2.75) is 60.0 Å². The molecule has 0 radical (unpaired) electrons. The Labute approximate surface area is 280 Å². The molecule has 1 aromatic heterocycles. The maximum atomic E-state index is 12.7. The molecule has 1 heterocycles. The lowest BCUT2D eigenvalue weighted by Crippen LogP contribution is -2.12. The zero-order valence-electron chi connectivity index (χ0n) is 28.8. The molecule has 0 saturated carbocycles. The van der Waals surface area contributed by atoms with Crippen LogP contribution in [0.4, 0.5) is 11.5 Å². The van der Waals surface area contributed by atoms with Gasteiger partial charge in [0.1, 0.15) is 23.9 Å². The van der Waals surface area contributed by atoms with Crippen molar-refractivity contribution in [3.05, 3.63) is 132 Å². The molecule has 47 heavy (non-hydrogen) atoms. The molecule has 2 N–H and O–H groups in total. The number of nitrogens with one attached hydrogen (secondary N) is 2. The van der Waals surface area contributed by atoms with Gasteiger partial charge >= 0.3 is 0 Å². The number of pyridine rings is 1. The smallest absolute Gasteiger partial charge is 0.255 e. The number of aromatic nitrogens is 1. The fourth-order valence-electron chi connectivity index (χ4n) is 4.74. The highest BCUT2D eigenvalue weighted by Crippen LogP contribution is 2.26. The lowest BCUT2D eigenvalue weighted by molar-refractivity contribution is 0.102. The van der Waals surface area contributed by atoms with Crippen molar-refractivity contribution in [3.63, 3.8) is 0 Å². The predicted octanol–water partition coefficient (Wildman–Crippen LogP) is 10.8. The summed E-state index contributed by atoms with van der Waals surface area (Å²) >= 11 is 0. The molecule has 1 amide bonds. The summed E-state index contributed by atoms with van der Waals surface area (Å²) in [5.74, 6) is 2.67. The van der Waals surface area contributed by atoms with Crippen LogP contribution in [0.25, 0.3) is 16.8 Å². The highest BCUT2D eigenvalue weighted by molar-refractivity contribution is 6.04. The third kappa shape index (κ3) is 11.0. The van der Waals surface area contributed by atoms with E-state index in [0.717, 1.165) is 40.0 Å². The van der Waals surface area contributed by atoms with E-state index >= 15 is 0 Å². The average Bonchev–Trinajstić information content (AvgIpc) is 3.12. The SMILES string of the molecule is CC.CCC/C=C\c1cccc(OC)c1.CNc1ncc(COc2cccc(C(=O)Nc3ccc(C(C)C)cc3)c2)c2ccccc12. The van der Waals surface area contributed by atoms with E-state index < -0.39 is 0 Å². The Bertz CT molecular complexity index is 1710. The summed E-state index contributed by atoms with van der Waals surface area (Å²) in [4.78, 5) is 17.2. The Balaban J connectivity index is 0.000000335. The number of unbranched alkanes of at least 4 members (excludes halogenated alkanes) is 1. The number of carbonyl (C=O) groups excluding carboxylic acids is 1. The van der Waals surface area contributed by atoms with E-state index in [1.807, 2.05) is 99.9 Å². The number of allylic oxidation sites excluding steroid dienone is 1. The molecule has 5 aromatic rings. The van der Waals surface area contributed by atoms with Crippen molar-refractivity contribution in [3.8, 4) is 11.5 Å². The van der Waals surface area contributed by atoms with Gasteiger partial charge in [0.05, 0.1) is 7.11 Å². The van der Waals surface area contributed by atoms with Crippen LogP contribution in [0.5, 0.6) is 11.5 Å². The van der Waals surface area contributed by atoms with E-state index in [4.69, 9.17) is 9.47 Å². The number of amides is 1. The van der Waals surface area contributed by atoms with Gasteiger partial charge in [0, 0.05) is 35.4 Å². The summed E-state index contributed by atoms with van der Waals surface area (Å²) in [7, 11) is 3.55. The zero-order chi connectivity index (χ0) is 34.0. The van der Waals surface area contributed by atoms with E-state index in [-0.39, 0.29) is 5.91 Å². The maximum Gasteiger partial charge on any atom is 0.255 e. The molecule has 0 unspecified atom stereocenters. The number of methoxy groups -OCH3 is 1. The van der Waals surface area contributed by atoms with E-state index in [2.05, 4.69) is 60.7 Å². The molecule has 0 aliphatic heterocycles. The summed E-state index contributed by atoms with van der Waals surface area (Å²) in [6.45, 7) is 10.8. The van der Waals surface area contributed by atoms with E-state index in [1.165, 1.54) is 17.5 Å².